The van der Waals surface area contributed by atoms with Crippen molar-refractivity contribution in [2.24, 2.45) is 0 Å². The third-order valence-corrected chi connectivity index (χ3v) is 4.93. The summed E-state index contributed by atoms with van der Waals surface area (Å²) in [6.45, 7) is 0. The molecule has 0 fully saturated rings. The molecule has 4 rings (SSSR count). The van der Waals surface area contributed by atoms with E-state index in [9.17, 15) is 0 Å². The van der Waals surface area contributed by atoms with Crippen LogP contribution >= 0.6 is 0 Å². The molecule has 0 radical (unpaired) electrons. The number of hydrogen-bond acceptors (Lipinski definition) is 1. The Morgan fingerprint density at radius 3 is 1.57 bits per heavy atom. The van der Waals surface area contributed by atoms with E-state index in [0.717, 1.165) is 11.5 Å². The molecule has 0 atom stereocenters. The molecule has 0 saturated heterocycles. The highest BCUT2D eigenvalue weighted by molar-refractivity contribution is 5.48. The Kier molecular flexibility index (Phi) is 3.42. The van der Waals surface area contributed by atoms with Gasteiger partial charge in [0, 0.05) is 0 Å². The summed E-state index contributed by atoms with van der Waals surface area (Å²) in [5.41, 5.74) is 5.86. The van der Waals surface area contributed by atoms with Gasteiger partial charge in [0.1, 0.15) is 11.5 Å². The Morgan fingerprint density at radius 2 is 1.05 bits per heavy atom. The van der Waals surface area contributed by atoms with Crippen molar-refractivity contribution < 1.29 is 4.74 Å². The van der Waals surface area contributed by atoms with E-state index in [0.29, 0.717) is 0 Å². The first-order valence-electron chi connectivity index (χ1n) is 8.31. The minimum atomic E-state index is 1.09. The monoisotopic (exact) mass is 278 g/mol. The van der Waals surface area contributed by atoms with Crippen LogP contribution in [-0.4, -0.2) is 0 Å². The van der Waals surface area contributed by atoms with Gasteiger partial charge in [-0.1, -0.05) is 24.3 Å². The van der Waals surface area contributed by atoms with E-state index in [2.05, 4.69) is 36.4 Å². The lowest BCUT2D eigenvalue weighted by Gasteiger charge is -2.22. The van der Waals surface area contributed by atoms with Crippen molar-refractivity contribution in [3.8, 4) is 11.5 Å². The molecule has 0 saturated carbocycles. The molecule has 108 valence electrons. The van der Waals surface area contributed by atoms with Gasteiger partial charge in [0.25, 0.3) is 0 Å². The Balaban J connectivity index is 1.71. The smallest absolute Gasteiger partial charge is 0.130 e. The van der Waals surface area contributed by atoms with Crippen LogP contribution < -0.4 is 4.74 Å². The molecule has 0 aliphatic heterocycles. The molecule has 2 aromatic carbocycles. The summed E-state index contributed by atoms with van der Waals surface area (Å²) >= 11 is 0. The van der Waals surface area contributed by atoms with Crippen LogP contribution in [0, 0.1) is 0 Å². The standard InChI is InChI=1S/C20H22O/c1-3-11-17-15(7-1)9-5-13-19(17)21-20-14-6-10-16-8-2-4-12-18(16)20/h5-6,9-10,13-14H,1-4,7-8,11-12H2. The highest BCUT2D eigenvalue weighted by Crippen LogP contribution is 2.36. The first-order chi connectivity index (χ1) is 10.4. The van der Waals surface area contributed by atoms with Crippen LogP contribution in [0.15, 0.2) is 36.4 Å². The highest BCUT2D eigenvalue weighted by Gasteiger charge is 2.17. The number of aryl methyl sites for hydroxylation is 2. The molecular formula is C20H22O. The zero-order valence-electron chi connectivity index (χ0n) is 12.5. The molecular weight excluding hydrogens is 256 g/mol. The number of rotatable bonds is 2. The van der Waals surface area contributed by atoms with Gasteiger partial charge >= 0.3 is 0 Å². The van der Waals surface area contributed by atoms with Crippen molar-refractivity contribution in [3.63, 3.8) is 0 Å². The third-order valence-electron chi connectivity index (χ3n) is 4.93. The molecule has 0 unspecified atom stereocenters. The van der Waals surface area contributed by atoms with Gasteiger partial charge in [-0.3, -0.25) is 0 Å². The lowest BCUT2D eigenvalue weighted by atomic mass is 9.90. The normalized spacial score (nSPS) is 17.0. The molecule has 0 bridgehead atoms. The molecule has 2 aliphatic rings. The fraction of sp³-hybridized carbons (Fsp3) is 0.400. The SMILES string of the molecule is c1cc2c(c(Oc3cccc4c3CCCC4)c1)CCCC2. The van der Waals surface area contributed by atoms with Crippen molar-refractivity contribution in [3.05, 3.63) is 58.7 Å². The summed E-state index contributed by atoms with van der Waals surface area (Å²) < 4.78 is 6.38. The van der Waals surface area contributed by atoms with Gasteiger partial charge in [-0.05, 0) is 85.8 Å². The summed E-state index contributed by atoms with van der Waals surface area (Å²) in [6, 6.07) is 13.1. The summed E-state index contributed by atoms with van der Waals surface area (Å²) in [4.78, 5) is 0. The average molecular weight is 278 g/mol. The third kappa shape index (κ3) is 2.46. The number of hydrogen-bond donors (Lipinski definition) is 0. The highest BCUT2D eigenvalue weighted by atomic mass is 16.5. The molecule has 0 aromatic heterocycles. The maximum Gasteiger partial charge on any atom is 0.130 e. The van der Waals surface area contributed by atoms with Gasteiger partial charge in [0.15, 0.2) is 0 Å². The van der Waals surface area contributed by atoms with Gasteiger partial charge in [0.2, 0.25) is 0 Å². The predicted octanol–water partition coefficient (Wildman–Crippen LogP) is 5.24. The quantitative estimate of drug-likeness (QED) is 0.730. The van der Waals surface area contributed by atoms with E-state index in [4.69, 9.17) is 4.74 Å². The fourth-order valence-corrected chi connectivity index (χ4v) is 3.80. The average Bonchev–Trinajstić information content (AvgIpc) is 2.56. The molecule has 0 spiro atoms. The van der Waals surface area contributed by atoms with Crippen molar-refractivity contribution in [2.45, 2.75) is 51.4 Å². The van der Waals surface area contributed by atoms with Crippen molar-refractivity contribution in [1.82, 2.24) is 0 Å². The Hall–Kier alpha value is -1.76. The largest absolute Gasteiger partial charge is 0.457 e. The Bertz CT molecular complexity index is 599. The maximum absolute atomic E-state index is 6.38. The van der Waals surface area contributed by atoms with Gasteiger partial charge in [-0.25, -0.2) is 0 Å². The molecule has 1 nitrogen and oxygen atoms in total. The second-order valence-electron chi connectivity index (χ2n) is 6.30. The van der Waals surface area contributed by atoms with Crippen LogP contribution in [0.4, 0.5) is 0 Å². The zero-order chi connectivity index (χ0) is 14.1. The number of benzene rings is 2. The summed E-state index contributed by atoms with van der Waals surface area (Å²) in [7, 11) is 0. The van der Waals surface area contributed by atoms with E-state index < -0.39 is 0 Å². The van der Waals surface area contributed by atoms with Crippen LogP contribution in [0.2, 0.25) is 0 Å². The first-order valence-corrected chi connectivity index (χ1v) is 8.31. The number of ether oxygens (including phenoxy) is 1. The van der Waals surface area contributed by atoms with Crippen LogP contribution in [-0.2, 0) is 25.7 Å². The van der Waals surface area contributed by atoms with Crippen molar-refractivity contribution in [2.75, 3.05) is 0 Å². The van der Waals surface area contributed by atoms with Crippen LogP contribution in [0.5, 0.6) is 11.5 Å². The van der Waals surface area contributed by atoms with E-state index >= 15 is 0 Å². The van der Waals surface area contributed by atoms with E-state index in [1.807, 2.05) is 0 Å². The molecule has 21 heavy (non-hydrogen) atoms. The lowest BCUT2D eigenvalue weighted by Crippen LogP contribution is -2.07. The molecule has 0 N–H and O–H groups in total. The van der Waals surface area contributed by atoms with Crippen LogP contribution in [0.3, 0.4) is 0 Å². The Labute approximate surface area is 127 Å². The van der Waals surface area contributed by atoms with Crippen molar-refractivity contribution in [1.29, 1.82) is 0 Å². The zero-order valence-corrected chi connectivity index (χ0v) is 12.5. The second-order valence-corrected chi connectivity index (χ2v) is 6.30. The van der Waals surface area contributed by atoms with Gasteiger partial charge in [-0.15, -0.1) is 0 Å². The minimum Gasteiger partial charge on any atom is -0.457 e. The predicted molar refractivity (Wildman–Crippen MR) is 86.2 cm³/mol. The maximum atomic E-state index is 6.38. The molecule has 2 aromatic rings. The lowest BCUT2D eigenvalue weighted by molar-refractivity contribution is 0.459. The molecule has 0 heterocycles. The first kappa shape index (κ1) is 12.9. The van der Waals surface area contributed by atoms with E-state index in [1.165, 1.54) is 73.6 Å². The van der Waals surface area contributed by atoms with Gasteiger partial charge in [0.05, 0.1) is 0 Å². The second kappa shape index (κ2) is 5.55. The summed E-state index contributed by atoms with van der Waals surface area (Å²) in [6.07, 6.45) is 9.97. The molecule has 0 amide bonds. The van der Waals surface area contributed by atoms with Gasteiger partial charge < -0.3 is 4.74 Å². The summed E-state index contributed by atoms with van der Waals surface area (Å²) in [5.74, 6) is 2.18. The minimum absolute atomic E-state index is 1.09. The number of fused-ring (bicyclic) bond motifs is 2. The van der Waals surface area contributed by atoms with E-state index in [-0.39, 0.29) is 0 Å². The van der Waals surface area contributed by atoms with Crippen LogP contribution in [0.1, 0.15) is 47.9 Å². The topological polar surface area (TPSA) is 9.23 Å². The van der Waals surface area contributed by atoms with Gasteiger partial charge in [-0.2, -0.15) is 0 Å². The molecule has 1 heteroatoms. The van der Waals surface area contributed by atoms with Crippen LogP contribution in [0.25, 0.3) is 0 Å². The molecule has 2 aliphatic carbocycles. The Morgan fingerprint density at radius 1 is 0.571 bits per heavy atom. The van der Waals surface area contributed by atoms with E-state index in [1.54, 1.807) is 0 Å². The van der Waals surface area contributed by atoms with Crippen molar-refractivity contribution >= 4 is 0 Å². The fourth-order valence-electron chi connectivity index (χ4n) is 3.80. The summed E-state index contributed by atoms with van der Waals surface area (Å²) in [5, 5.41) is 0.